The van der Waals surface area contributed by atoms with Gasteiger partial charge >= 0.3 is 31.2 Å². The molecule has 0 aliphatic rings. The first-order chi connectivity index (χ1) is 12.5. The molecule has 0 N–H and O–H groups in total. The Morgan fingerprint density at radius 2 is 1.43 bits per heavy atom. The van der Waals surface area contributed by atoms with Crippen molar-refractivity contribution in [1.29, 1.82) is 0 Å². The van der Waals surface area contributed by atoms with Crippen molar-refractivity contribution in [3.8, 4) is 11.5 Å². The summed E-state index contributed by atoms with van der Waals surface area (Å²) in [5.41, 5.74) is -5.93. The number of carbonyl (C=O) groups is 1. The van der Waals surface area contributed by atoms with E-state index in [-0.39, 0.29) is 29.9 Å². The van der Waals surface area contributed by atoms with Crippen molar-refractivity contribution in [2.75, 3.05) is 14.2 Å². The van der Waals surface area contributed by atoms with E-state index in [2.05, 4.69) is 0 Å². The topological polar surface area (TPSA) is 35.5 Å². The number of rotatable bonds is 5. The largest absolute Gasteiger partial charge is 1.00 e. The molecule has 146 valence electrons. The molecule has 2 aromatic carbocycles. The maximum atomic E-state index is 13.2. The summed E-state index contributed by atoms with van der Waals surface area (Å²) in [6.45, 7) is 0. The average Bonchev–Trinajstić information content (AvgIpc) is 2.59. The van der Waals surface area contributed by atoms with Crippen LogP contribution in [0.15, 0.2) is 36.4 Å². The molecule has 0 spiro atoms. The number of alkyl halides is 6. The molecule has 2 rings (SSSR count). The van der Waals surface area contributed by atoms with Gasteiger partial charge in [-0.1, -0.05) is 6.07 Å². The number of benzene rings is 2. The predicted molar refractivity (Wildman–Crippen MR) is 88.3 cm³/mol. The van der Waals surface area contributed by atoms with E-state index in [1.165, 1.54) is 32.4 Å². The maximum absolute atomic E-state index is 13.2. The molecule has 1 atom stereocenters. The predicted octanol–water partition coefficient (Wildman–Crippen LogP) is 1.89. The fourth-order valence-electron chi connectivity index (χ4n) is 2.36. The molecule has 0 radical (unpaired) electrons. The molecule has 0 heterocycles. The number of methoxy groups -OCH3 is 2. The third kappa shape index (κ3) is 5.44. The normalized spacial score (nSPS) is 12.0. The number of ether oxygens (including phenoxy) is 2. The molecule has 0 saturated heterocycles. The van der Waals surface area contributed by atoms with Crippen molar-refractivity contribution in [3.63, 3.8) is 0 Å². The summed E-state index contributed by atoms with van der Waals surface area (Å²) in [5, 5.41) is 0.161. The van der Waals surface area contributed by atoms with Crippen molar-refractivity contribution in [2.45, 2.75) is 12.4 Å². The van der Waals surface area contributed by atoms with E-state index in [4.69, 9.17) is 9.47 Å². The van der Waals surface area contributed by atoms with Gasteiger partial charge in [-0.15, -0.1) is 0 Å². The molecule has 0 aliphatic carbocycles. The summed E-state index contributed by atoms with van der Waals surface area (Å²) >= 11 is 0. The van der Waals surface area contributed by atoms with Crippen LogP contribution in [-0.4, -0.2) is 19.7 Å². The van der Waals surface area contributed by atoms with Gasteiger partial charge in [-0.05, 0) is 32.8 Å². The molecule has 1 unspecified atom stereocenters. The van der Waals surface area contributed by atoms with Gasteiger partial charge in [0.05, 0.1) is 25.3 Å². The van der Waals surface area contributed by atoms with Crippen LogP contribution in [0.3, 0.4) is 0 Å². The van der Waals surface area contributed by atoms with Gasteiger partial charge in [0, 0.05) is 16.9 Å². The van der Waals surface area contributed by atoms with E-state index in [1.54, 1.807) is 0 Å². The van der Waals surface area contributed by atoms with E-state index in [0.717, 1.165) is 0 Å². The molecule has 0 saturated carbocycles. The zero-order chi connectivity index (χ0) is 20.4. The Hall–Kier alpha value is -1.68. The van der Waals surface area contributed by atoms with Gasteiger partial charge < -0.3 is 9.47 Å². The Balaban J connectivity index is 0.00000392. The van der Waals surface area contributed by atoms with Crippen molar-refractivity contribution in [3.05, 3.63) is 53.1 Å². The van der Waals surface area contributed by atoms with Gasteiger partial charge in [0.1, 0.15) is 11.5 Å². The molecule has 0 aliphatic heterocycles. The molecule has 0 aromatic heterocycles. The first-order valence-corrected chi connectivity index (χ1v) is 8.29. The number of hydrogen-bond donors (Lipinski definition) is 0. The van der Waals surface area contributed by atoms with Gasteiger partial charge in [-0.25, -0.2) is 0 Å². The molecular formula is C17H13F6LiO3P+. The Bertz CT molecular complexity index is 820. The van der Waals surface area contributed by atoms with Gasteiger partial charge in [-0.3, -0.25) is 4.79 Å². The van der Waals surface area contributed by atoms with Gasteiger partial charge in [0.2, 0.25) is 0 Å². The fraction of sp³-hybridized carbons (Fsp3) is 0.235. The van der Waals surface area contributed by atoms with Crippen LogP contribution in [0, 0.1) is 0 Å². The Kier molecular flexibility index (Phi) is 8.01. The zero-order valence-corrected chi connectivity index (χ0v) is 16.0. The minimum atomic E-state index is -5.11. The smallest absolute Gasteiger partial charge is 0.497 e. The van der Waals surface area contributed by atoms with Crippen LogP contribution < -0.4 is 33.6 Å². The standard InChI is InChI=1S/C17H13F6O3P.Li/c1-25-9-6-7-13(12(8-9)26-2)27-15(24)14-10(16(18,19)20)4-3-5-11(14)17(21,22)23;/h3-8,27H,1-2H3;/q;+1. The van der Waals surface area contributed by atoms with Crippen molar-refractivity contribution in [1.82, 2.24) is 0 Å². The van der Waals surface area contributed by atoms with Crippen LogP contribution in [0.25, 0.3) is 0 Å². The second kappa shape index (κ2) is 9.21. The molecule has 0 bridgehead atoms. The summed E-state index contributed by atoms with van der Waals surface area (Å²) in [6, 6.07) is 5.71. The van der Waals surface area contributed by atoms with E-state index in [0.29, 0.717) is 23.9 Å². The number of hydrogen-bond acceptors (Lipinski definition) is 3. The van der Waals surface area contributed by atoms with Crippen molar-refractivity contribution in [2.24, 2.45) is 0 Å². The van der Waals surface area contributed by atoms with Gasteiger partial charge in [0.15, 0.2) is 5.52 Å². The van der Waals surface area contributed by atoms with Crippen LogP contribution >= 0.6 is 8.58 Å². The Labute approximate surface area is 170 Å². The molecule has 3 nitrogen and oxygen atoms in total. The van der Waals surface area contributed by atoms with Crippen molar-refractivity contribution < 1.29 is 59.5 Å². The minimum Gasteiger partial charge on any atom is -0.497 e. The molecular weight excluding hydrogens is 404 g/mol. The van der Waals surface area contributed by atoms with E-state index < -0.39 is 43.1 Å². The van der Waals surface area contributed by atoms with Crippen LogP contribution in [0.2, 0.25) is 0 Å². The molecule has 0 fully saturated rings. The third-order valence-corrected chi connectivity index (χ3v) is 4.72. The van der Waals surface area contributed by atoms with E-state index >= 15 is 0 Å². The Morgan fingerprint density at radius 3 is 1.86 bits per heavy atom. The van der Waals surface area contributed by atoms with Gasteiger partial charge in [-0.2, -0.15) is 26.3 Å². The zero-order valence-electron chi connectivity index (χ0n) is 15.0. The average molecular weight is 417 g/mol. The van der Waals surface area contributed by atoms with Crippen LogP contribution in [0.1, 0.15) is 21.5 Å². The van der Waals surface area contributed by atoms with Crippen LogP contribution in [-0.2, 0) is 12.4 Å². The Morgan fingerprint density at radius 1 is 0.893 bits per heavy atom. The molecule has 28 heavy (non-hydrogen) atoms. The molecule has 0 amide bonds. The summed E-state index contributed by atoms with van der Waals surface area (Å²) in [5.74, 6) is 0.485. The first-order valence-electron chi connectivity index (χ1n) is 7.29. The van der Waals surface area contributed by atoms with Gasteiger partial charge in [0.25, 0.3) is 0 Å². The second-order valence-corrected chi connectivity index (χ2v) is 6.49. The maximum Gasteiger partial charge on any atom is 1.00 e. The summed E-state index contributed by atoms with van der Waals surface area (Å²) < 4.78 is 89.2. The number of carbonyl (C=O) groups excluding carboxylic acids is 1. The minimum absolute atomic E-state index is 0. The SMILES string of the molecule is COc1ccc(PC(=O)c2c(C(F)(F)F)cccc2C(F)(F)F)c(OC)c1.[Li+]. The van der Waals surface area contributed by atoms with Crippen LogP contribution in [0.4, 0.5) is 26.3 Å². The summed E-state index contributed by atoms with van der Waals surface area (Å²) in [4.78, 5) is 12.5. The van der Waals surface area contributed by atoms with E-state index in [9.17, 15) is 31.1 Å². The molecule has 11 heteroatoms. The molecule has 2 aromatic rings. The van der Waals surface area contributed by atoms with Crippen LogP contribution in [0.5, 0.6) is 11.5 Å². The van der Waals surface area contributed by atoms with Crippen molar-refractivity contribution >= 4 is 19.4 Å². The number of halogens is 6. The quantitative estimate of drug-likeness (QED) is 0.424. The van der Waals surface area contributed by atoms with E-state index in [1.807, 2.05) is 0 Å². The summed E-state index contributed by atoms with van der Waals surface area (Å²) in [7, 11) is 1.62. The fourth-order valence-corrected chi connectivity index (χ4v) is 3.46. The third-order valence-electron chi connectivity index (χ3n) is 3.56. The monoisotopic (exact) mass is 417 g/mol. The first kappa shape index (κ1) is 24.4. The summed E-state index contributed by atoms with van der Waals surface area (Å²) in [6.07, 6.45) is -10.2. The second-order valence-electron chi connectivity index (χ2n) is 5.24.